The maximum atomic E-state index is 4.45. The van der Waals surface area contributed by atoms with E-state index in [1.807, 2.05) is 11.6 Å². The summed E-state index contributed by atoms with van der Waals surface area (Å²) in [6, 6.07) is 8.89. The number of benzene rings is 1. The second-order valence-electron chi connectivity index (χ2n) is 4.74. The number of hydrogen-bond acceptors (Lipinski definition) is 4. The lowest BCUT2D eigenvalue weighted by molar-refractivity contribution is 0.596. The van der Waals surface area contributed by atoms with Crippen molar-refractivity contribution in [2.45, 2.75) is 19.4 Å². The number of anilines is 1. The van der Waals surface area contributed by atoms with Gasteiger partial charge in [-0.3, -0.25) is 0 Å². The molecule has 0 saturated carbocycles. The monoisotopic (exact) mass is 275 g/mol. The molecular formula is C15H21N3S. The largest absolute Gasteiger partial charge is 0.378 e. The Morgan fingerprint density at radius 3 is 2.53 bits per heavy atom. The van der Waals surface area contributed by atoms with Crippen molar-refractivity contribution in [2.24, 2.45) is 0 Å². The van der Waals surface area contributed by atoms with Crippen molar-refractivity contribution in [3.63, 3.8) is 0 Å². The third-order valence-electron chi connectivity index (χ3n) is 3.04. The molecule has 1 unspecified atom stereocenters. The molecule has 0 aliphatic rings. The van der Waals surface area contributed by atoms with E-state index in [2.05, 4.69) is 60.5 Å². The topological polar surface area (TPSA) is 28.2 Å². The molecular weight excluding hydrogens is 254 g/mol. The van der Waals surface area contributed by atoms with Crippen molar-refractivity contribution in [1.82, 2.24) is 10.3 Å². The SMILES string of the molecule is CCCNC(c1ccc(N(C)C)cc1)c1nccs1. The molecule has 2 rings (SSSR count). The predicted octanol–water partition coefficient (Wildman–Crippen LogP) is 3.30. The van der Waals surface area contributed by atoms with Crippen molar-refractivity contribution in [1.29, 1.82) is 0 Å². The van der Waals surface area contributed by atoms with Crippen LogP contribution in [-0.2, 0) is 0 Å². The van der Waals surface area contributed by atoms with E-state index in [9.17, 15) is 0 Å². The first kappa shape index (κ1) is 14.0. The number of thiazole rings is 1. The van der Waals surface area contributed by atoms with E-state index in [0.717, 1.165) is 18.0 Å². The van der Waals surface area contributed by atoms with E-state index in [0.29, 0.717) is 0 Å². The Morgan fingerprint density at radius 2 is 2.00 bits per heavy atom. The molecule has 0 radical (unpaired) electrons. The first-order valence-electron chi connectivity index (χ1n) is 6.62. The maximum Gasteiger partial charge on any atom is 0.114 e. The number of hydrogen-bond donors (Lipinski definition) is 1. The Bertz CT molecular complexity index is 477. The highest BCUT2D eigenvalue weighted by atomic mass is 32.1. The second kappa shape index (κ2) is 6.68. The fraction of sp³-hybridized carbons (Fsp3) is 0.400. The zero-order valence-electron chi connectivity index (χ0n) is 11.8. The molecule has 102 valence electrons. The molecule has 1 aromatic carbocycles. The van der Waals surface area contributed by atoms with Gasteiger partial charge in [0, 0.05) is 31.4 Å². The highest BCUT2D eigenvalue weighted by Crippen LogP contribution is 2.25. The van der Waals surface area contributed by atoms with Crippen LogP contribution >= 0.6 is 11.3 Å². The molecule has 1 aromatic heterocycles. The number of rotatable bonds is 6. The standard InChI is InChI=1S/C15H21N3S/c1-4-9-16-14(15-17-10-11-19-15)12-5-7-13(8-6-12)18(2)3/h5-8,10-11,14,16H,4,9H2,1-3H3. The van der Waals surface area contributed by atoms with Crippen molar-refractivity contribution in [2.75, 3.05) is 25.5 Å². The molecule has 0 bridgehead atoms. The van der Waals surface area contributed by atoms with E-state index in [1.165, 1.54) is 11.3 Å². The van der Waals surface area contributed by atoms with Crippen LogP contribution in [-0.4, -0.2) is 25.6 Å². The van der Waals surface area contributed by atoms with Crippen molar-refractivity contribution >= 4 is 17.0 Å². The molecule has 0 aliphatic heterocycles. The zero-order valence-corrected chi connectivity index (χ0v) is 12.6. The lowest BCUT2D eigenvalue weighted by Crippen LogP contribution is -2.23. The predicted molar refractivity (Wildman–Crippen MR) is 83.0 cm³/mol. The first-order chi connectivity index (χ1) is 9.22. The molecule has 19 heavy (non-hydrogen) atoms. The average Bonchev–Trinajstić information content (AvgIpc) is 2.94. The van der Waals surface area contributed by atoms with Crippen molar-refractivity contribution in [3.8, 4) is 0 Å². The van der Waals surface area contributed by atoms with Crippen molar-refractivity contribution in [3.05, 3.63) is 46.4 Å². The van der Waals surface area contributed by atoms with Crippen LogP contribution in [0.1, 0.15) is 30.0 Å². The fourth-order valence-corrected chi connectivity index (χ4v) is 2.72. The summed E-state index contributed by atoms with van der Waals surface area (Å²) in [6.07, 6.45) is 2.99. The summed E-state index contributed by atoms with van der Waals surface area (Å²) in [4.78, 5) is 6.56. The van der Waals surface area contributed by atoms with Gasteiger partial charge in [0.2, 0.25) is 0 Å². The normalized spacial score (nSPS) is 12.4. The van der Waals surface area contributed by atoms with E-state index >= 15 is 0 Å². The van der Waals surface area contributed by atoms with Crippen LogP contribution < -0.4 is 10.2 Å². The summed E-state index contributed by atoms with van der Waals surface area (Å²) in [7, 11) is 4.12. The van der Waals surface area contributed by atoms with Crippen LogP contribution in [0, 0.1) is 0 Å². The Hall–Kier alpha value is -1.39. The summed E-state index contributed by atoms with van der Waals surface area (Å²) < 4.78 is 0. The smallest absolute Gasteiger partial charge is 0.114 e. The van der Waals surface area contributed by atoms with Gasteiger partial charge in [-0.25, -0.2) is 4.98 Å². The summed E-state index contributed by atoms with van der Waals surface area (Å²) in [5.41, 5.74) is 2.49. The number of nitrogens with one attached hydrogen (secondary N) is 1. The van der Waals surface area contributed by atoms with Gasteiger partial charge in [-0.05, 0) is 30.7 Å². The maximum absolute atomic E-state index is 4.45. The Morgan fingerprint density at radius 1 is 1.26 bits per heavy atom. The minimum absolute atomic E-state index is 0.205. The zero-order chi connectivity index (χ0) is 13.7. The molecule has 1 heterocycles. The van der Waals surface area contributed by atoms with Gasteiger partial charge in [0.1, 0.15) is 5.01 Å². The van der Waals surface area contributed by atoms with Gasteiger partial charge in [0.25, 0.3) is 0 Å². The molecule has 1 N–H and O–H groups in total. The highest BCUT2D eigenvalue weighted by Gasteiger charge is 2.15. The van der Waals surface area contributed by atoms with Gasteiger partial charge in [0.05, 0.1) is 6.04 Å². The Labute approximate surface area is 119 Å². The molecule has 4 heteroatoms. The van der Waals surface area contributed by atoms with E-state index in [1.54, 1.807) is 11.3 Å². The third kappa shape index (κ3) is 3.55. The van der Waals surface area contributed by atoms with Crippen LogP contribution in [0.15, 0.2) is 35.8 Å². The molecule has 0 aliphatic carbocycles. The Balaban J connectivity index is 2.22. The average molecular weight is 275 g/mol. The number of nitrogens with zero attached hydrogens (tertiary/aromatic N) is 2. The summed E-state index contributed by atoms with van der Waals surface area (Å²) in [5, 5.41) is 6.73. The lowest BCUT2D eigenvalue weighted by atomic mass is 10.1. The molecule has 2 aromatic rings. The van der Waals surface area contributed by atoms with Gasteiger partial charge >= 0.3 is 0 Å². The van der Waals surface area contributed by atoms with Crippen LogP contribution in [0.5, 0.6) is 0 Å². The van der Waals surface area contributed by atoms with Crippen molar-refractivity contribution < 1.29 is 0 Å². The minimum Gasteiger partial charge on any atom is -0.378 e. The summed E-state index contributed by atoms with van der Waals surface area (Å²) in [5.74, 6) is 0. The lowest BCUT2D eigenvalue weighted by Gasteiger charge is -2.18. The minimum atomic E-state index is 0.205. The molecule has 3 nitrogen and oxygen atoms in total. The van der Waals surface area contributed by atoms with Gasteiger partial charge in [-0.2, -0.15) is 0 Å². The van der Waals surface area contributed by atoms with Gasteiger partial charge in [-0.1, -0.05) is 19.1 Å². The summed E-state index contributed by atoms with van der Waals surface area (Å²) >= 11 is 1.70. The molecule has 0 saturated heterocycles. The van der Waals surface area contributed by atoms with E-state index in [4.69, 9.17) is 0 Å². The molecule has 0 amide bonds. The summed E-state index contributed by atoms with van der Waals surface area (Å²) in [6.45, 7) is 3.18. The fourth-order valence-electron chi connectivity index (χ4n) is 1.98. The van der Waals surface area contributed by atoms with Crippen LogP contribution in [0.4, 0.5) is 5.69 Å². The van der Waals surface area contributed by atoms with Gasteiger partial charge in [-0.15, -0.1) is 11.3 Å². The van der Waals surface area contributed by atoms with Crippen LogP contribution in [0.2, 0.25) is 0 Å². The van der Waals surface area contributed by atoms with E-state index in [-0.39, 0.29) is 6.04 Å². The van der Waals surface area contributed by atoms with Gasteiger partial charge in [0.15, 0.2) is 0 Å². The Kier molecular flexibility index (Phi) is 4.93. The number of aromatic nitrogens is 1. The quantitative estimate of drug-likeness (QED) is 0.877. The first-order valence-corrected chi connectivity index (χ1v) is 7.50. The molecule has 0 fully saturated rings. The van der Waals surface area contributed by atoms with Gasteiger partial charge < -0.3 is 10.2 Å². The van der Waals surface area contributed by atoms with E-state index < -0.39 is 0 Å². The van der Waals surface area contributed by atoms with Crippen LogP contribution in [0.3, 0.4) is 0 Å². The molecule has 0 spiro atoms. The third-order valence-corrected chi connectivity index (χ3v) is 3.88. The molecule has 1 atom stereocenters. The van der Waals surface area contributed by atoms with Crippen LogP contribution in [0.25, 0.3) is 0 Å². The highest BCUT2D eigenvalue weighted by molar-refractivity contribution is 7.09. The second-order valence-corrected chi connectivity index (χ2v) is 5.67.